The molecule has 0 aromatic heterocycles. The number of alkyl halides is 3. The van der Waals surface area contributed by atoms with Crippen molar-refractivity contribution in [3.05, 3.63) is 69.8 Å². The van der Waals surface area contributed by atoms with Crippen molar-refractivity contribution in [3.8, 4) is 0 Å². The van der Waals surface area contributed by atoms with Gasteiger partial charge in [-0.2, -0.15) is 13.2 Å². The van der Waals surface area contributed by atoms with Gasteiger partial charge in [0.2, 0.25) is 5.91 Å². The van der Waals surface area contributed by atoms with E-state index >= 15 is 0 Å². The van der Waals surface area contributed by atoms with Crippen molar-refractivity contribution >= 4 is 11.6 Å². The Balaban J connectivity index is 1.36. The molecule has 2 aromatic carbocycles. The van der Waals surface area contributed by atoms with E-state index in [-0.39, 0.29) is 37.5 Å². The summed E-state index contributed by atoms with van der Waals surface area (Å²) in [6.07, 6.45) is 1.10. The van der Waals surface area contributed by atoms with Crippen LogP contribution in [0.15, 0.2) is 41.6 Å². The second-order valence-corrected chi connectivity index (χ2v) is 10.9. The van der Waals surface area contributed by atoms with Gasteiger partial charge in [0.25, 0.3) is 0 Å². The molecule has 2 aliphatic rings. The van der Waals surface area contributed by atoms with E-state index in [1.165, 1.54) is 17.2 Å². The van der Waals surface area contributed by atoms with Gasteiger partial charge in [0.1, 0.15) is 6.61 Å². The van der Waals surface area contributed by atoms with Crippen LogP contribution in [-0.2, 0) is 35.4 Å². The molecule has 1 aliphatic heterocycles. The van der Waals surface area contributed by atoms with Gasteiger partial charge in [-0.1, -0.05) is 55.6 Å². The maximum Gasteiger partial charge on any atom is 0.416 e. The molecule has 0 spiro atoms. The van der Waals surface area contributed by atoms with E-state index < -0.39 is 11.7 Å². The molecule has 2 N–H and O–H groups in total. The number of aryl methyl sites for hydroxylation is 1. The van der Waals surface area contributed by atoms with Gasteiger partial charge in [0.15, 0.2) is 0 Å². The van der Waals surface area contributed by atoms with Crippen LogP contribution in [0.5, 0.6) is 0 Å². The van der Waals surface area contributed by atoms with E-state index in [1.54, 1.807) is 12.1 Å². The summed E-state index contributed by atoms with van der Waals surface area (Å²) in [5, 5.41) is 15.8. The van der Waals surface area contributed by atoms with Gasteiger partial charge in [-0.05, 0) is 72.1 Å². The van der Waals surface area contributed by atoms with E-state index in [1.807, 2.05) is 13.0 Å². The molecule has 0 radical (unpaired) electrons. The summed E-state index contributed by atoms with van der Waals surface area (Å²) in [7, 11) is 0. The van der Waals surface area contributed by atoms with Crippen molar-refractivity contribution in [2.75, 3.05) is 26.2 Å². The molecule has 40 heavy (non-hydrogen) atoms. The number of hydrogen-bond donors (Lipinski definition) is 2. The summed E-state index contributed by atoms with van der Waals surface area (Å²) in [6, 6.07) is 10.7. The molecule has 0 bridgehead atoms. The number of likely N-dealkylation sites (tertiary alicyclic amines) is 1. The van der Waals surface area contributed by atoms with Crippen molar-refractivity contribution in [2.24, 2.45) is 11.1 Å². The van der Waals surface area contributed by atoms with Gasteiger partial charge in [-0.3, -0.25) is 9.69 Å². The third kappa shape index (κ3) is 7.63. The highest BCUT2D eigenvalue weighted by Crippen LogP contribution is 2.41. The number of hydrogen-bond acceptors (Lipinski definition) is 5. The fourth-order valence-corrected chi connectivity index (χ4v) is 5.73. The fraction of sp³-hybridized carbons (Fsp3) is 0.548. The maximum atomic E-state index is 13.9. The van der Waals surface area contributed by atoms with Gasteiger partial charge in [-0.25, -0.2) is 0 Å². The molecule has 1 heterocycles. The monoisotopic (exact) mass is 559 g/mol. The van der Waals surface area contributed by atoms with Crippen molar-refractivity contribution < 1.29 is 27.9 Å². The van der Waals surface area contributed by atoms with Crippen LogP contribution in [0.2, 0.25) is 0 Å². The van der Waals surface area contributed by atoms with E-state index in [9.17, 15) is 18.0 Å². The zero-order valence-electron chi connectivity index (χ0n) is 23.4. The van der Waals surface area contributed by atoms with E-state index in [2.05, 4.69) is 34.4 Å². The summed E-state index contributed by atoms with van der Waals surface area (Å²) in [5.74, 6) is -0.0914. The minimum atomic E-state index is -4.40. The second kappa shape index (κ2) is 13.6. The number of aliphatic hydroxyl groups excluding tert-OH is 1. The van der Waals surface area contributed by atoms with Gasteiger partial charge in [0.05, 0.1) is 23.8 Å². The molecular formula is C31H40F3N3O3. The minimum Gasteiger partial charge on any atom is -0.395 e. The molecule has 0 atom stereocenters. The van der Waals surface area contributed by atoms with Crippen molar-refractivity contribution in [1.29, 1.82) is 0 Å². The predicted molar refractivity (Wildman–Crippen MR) is 149 cm³/mol. The summed E-state index contributed by atoms with van der Waals surface area (Å²) in [4.78, 5) is 19.7. The fourth-order valence-electron chi connectivity index (χ4n) is 5.73. The first-order chi connectivity index (χ1) is 19.2. The first kappa shape index (κ1) is 30.1. The summed E-state index contributed by atoms with van der Waals surface area (Å²) in [6.45, 7) is 6.22. The lowest BCUT2D eigenvalue weighted by atomic mass is 9.81. The van der Waals surface area contributed by atoms with E-state index in [0.29, 0.717) is 29.9 Å². The Kier molecular flexibility index (Phi) is 10.2. The number of halogens is 3. The number of amides is 1. The molecule has 1 saturated heterocycles. The second-order valence-electron chi connectivity index (χ2n) is 10.9. The van der Waals surface area contributed by atoms with E-state index in [0.717, 1.165) is 50.6 Å². The number of carbonyl (C=O) groups excluding carboxylic acids is 1. The molecule has 2 aromatic rings. The lowest BCUT2D eigenvalue weighted by Crippen LogP contribution is -2.53. The Morgan fingerprint density at radius 3 is 2.52 bits per heavy atom. The van der Waals surface area contributed by atoms with E-state index in [4.69, 9.17) is 9.94 Å². The summed E-state index contributed by atoms with van der Waals surface area (Å²) in [5.41, 5.74) is 4.21. The molecule has 1 amide bonds. The molecule has 9 heteroatoms. The highest BCUT2D eigenvalue weighted by Gasteiger charge is 2.36. The number of aliphatic hydroxyl groups is 1. The van der Waals surface area contributed by atoms with Gasteiger partial charge in [0, 0.05) is 26.2 Å². The lowest BCUT2D eigenvalue weighted by Gasteiger charge is -2.38. The van der Waals surface area contributed by atoms with Crippen LogP contribution in [-0.4, -0.2) is 47.9 Å². The lowest BCUT2D eigenvalue weighted by molar-refractivity contribution is -0.138. The Morgan fingerprint density at radius 2 is 1.85 bits per heavy atom. The normalized spacial score (nSPS) is 17.5. The van der Waals surface area contributed by atoms with Crippen LogP contribution >= 0.6 is 0 Å². The molecule has 1 aliphatic carbocycles. The zero-order valence-corrected chi connectivity index (χ0v) is 23.4. The number of oxime groups is 1. The largest absolute Gasteiger partial charge is 0.416 e. The Labute approximate surface area is 234 Å². The van der Waals surface area contributed by atoms with Crippen LogP contribution in [0.1, 0.15) is 85.3 Å². The molecule has 1 saturated carbocycles. The summed E-state index contributed by atoms with van der Waals surface area (Å²) >= 11 is 0. The standard InChI is InChI=1S/C31H40F3N3O3/c1-3-23-16-25(10-11-26(23)17-37-18-27(19-37)30(39)35-13-14-38)21(2)36-40-20-22-9-12-28(24-7-5-4-6-8-24)29(15-22)31(32,33)34/h9-12,15-16,24,27,38H,3-8,13-14,17-20H2,1-2H3,(H,35,39)/b36-21+. The third-order valence-corrected chi connectivity index (χ3v) is 8.04. The van der Waals surface area contributed by atoms with Crippen molar-refractivity contribution in [1.82, 2.24) is 10.2 Å². The average molecular weight is 560 g/mol. The topological polar surface area (TPSA) is 74.2 Å². The molecule has 4 rings (SSSR count). The number of nitrogens with zero attached hydrogens (tertiary/aromatic N) is 2. The first-order valence-corrected chi connectivity index (χ1v) is 14.3. The van der Waals surface area contributed by atoms with Crippen molar-refractivity contribution in [2.45, 2.75) is 77.6 Å². The van der Waals surface area contributed by atoms with Gasteiger partial charge >= 0.3 is 6.18 Å². The molecule has 6 nitrogen and oxygen atoms in total. The van der Waals surface area contributed by atoms with Crippen LogP contribution in [0.3, 0.4) is 0 Å². The Hall–Kier alpha value is -2.91. The number of nitrogens with one attached hydrogen (secondary N) is 1. The number of benzene rings is 2. The number of rotatable bonds is 11. The molecule has 218 valence electrons. The first-order valence-electron chi connectivity index (χ1n) is 14.3. The quantitative estimate of drug-likeness (QED) is 0.270. The van der Waals surface area contributed by atoms with Crippen molar-refractivity contribution in [3.63, 3.8) is 0 Å². The average Bonchev–Trinajstić information content (AvgIpc) is 2.93. The van der Waals surface area contributed by atoms with Crippen LogP contribution in [0.4, 0.5) is 13.2 Å². The molecule has 0 unspecified atom stereocenters. The number of carbonyl (C=O) groups is 1. The predicted octanol–water partition coefficient (Wildman–Crippen LogP) is 5.80. The van der Waals surface area contributed by atoms with Crippen LogP contribution in [0, 0.1) is 5.92 Å². The molecular weight excluding hydrogens is 519 g/mol. The Morgan fingerprint density at radius 1 is 1.10 bits per heavy atom. The minimum absolute atomic E-state index is 0.0157. The third-order valence-electron chi connectivity index (χ3n) is 8.04. The smallest absolute Gasteiger partial charge is 0.395 e. The van der Waals surface area contributed by atoms with Gasteiger partial charge < -0.3 is 15.3 Å². The summed E-state index contributed by atoms with van der Waals surface area (Å²) < 4.78 is 41.6. The zero-order chi connectivity index (χ0) is 28.7. The maximum absolute atomic E-state index is 13.9. The highest BCUT2D eigenvalue weighted by atomic mass is 19.4. The Bertz CT molecular complexity index is 1190. The van der Waals surface area contributed by atoms with Crippen LogP contribution in [0.25, 0.3) is 0 Å². The molecule has 2 fully saturated rings. The highest BCUT2D eigenvalue weighted by molar-refractivity contribution is 5.98. The SMILES string of the molecule is CCc1cc(/C(C)=N/OCc2ccc(C3CCCCC3)c(C(F)(F)F)c2)ccc1CN1CC(C(=O)NCCO)C1. The van der Waals surface area contributed by atoms with Crippen LogP contribution < -0.4 is 5.32 Å². The van der Waals surface area contributed by atoms with Gasteiger partial charge in [-0.15, -0.1) is 0 Å².